The molecule has 2 aromatic carbocycles. The first-order valence-electron chi connectivity index (χ1n) is 9.93. The van der Waals surface area contributed by atoms with Crippen LogP contribution in [-0.2, 0) is 14.3 Å². The van der Waals surface area contributed by atoms with Crippen LogP contribution in [0.2, 0.25) is 0 Å². The first-order chi connectivity index (χ1) is 15.4. The zero-order chi connectivity index (χ0) is 22.7. The summed E-state index contributed by atoms with van der Waals surface area (Å²) in [6, 6.07) is 8.84. The highest BCUT2D eigenvalue weighted by molar-refractivity contribution is 6.15. The molecular weight excluding hydrogens is 422 g/mol. The smallest absolute Gasteiger partial charge is 0.329 e. The molecule has 0 aliphatic carbocycles. The van der Waals surface area contributed by atoms with Crippen LogP contribution in [0.15, 0.2) is 48.2 Å². The number of hydrogen-bond donors (Lipinski definition) is 2. The summed E-state index contributed by atoms with van der Waals surface area (Å²) in [5, 5.41) is 4.88. The zero-order valence-corrected chi connectivity index (χ0v) is 16.9. The fourth-order valence-corrected chi connectivity index (χ4v) is 3.43. The van der Waals surface area contributed by atoms with Crippen LogP contribution >= 0.6 is 0 Å². The number of carbonyl (C=O) groups excluding carboxylic acids is 3. The molecule has 0 atom stereocenters. The maximum atomic E-state index is 14.6. The quantitative estimate of drug-likeness (QED) is 0.548. The summed E-state index contributed by atoms with van der Waals surface area (Å²) >= 11 is 0. The third-order valence-electron chi connectivity index (χ3n) is 5.03. The number of nitrogens with one attached hydrogen (secondary N) is 2. The van der Waals surface area contributed by atoms with E-state index in [1.165, 1.54) is 36.4 Å². The molecule has 2 aliphatic heterocycles. The van der Waals surface area contributed by atoms with Gasteiger partial charge in [-0.1, -0.05) is 6.07 Å². The fourth-order valence-electron chi connectivity index (χ4n) is 3.43. The van der Waals surface area contributed by atoms with E-state index in [9.17, 15) is 23.2 Å². The fraction of sp³-hybridized carbons (Fsp3) is 0.227. The van der Waals surface area contributed by atoms with E-state index in [1.807, 2.05) is 4.90 Å². The molecule has 0 unspecified atom stereocenters. The summed E-state index contributed by atoms with van der Waals surface area (Å²) < 4.78 is 32.8. The SMILES string of the molecule is O=C(CN1C(=O)N/C(=C\c2ccc(N3CCOCC3)c(F)c2)C1=O)Nc1ccc(F)cc1. The van der Waals surface area contributed by atoms with Crippen molar-refractivity contribution in [2.75, 3.05) is 43.1 Å². The summed E-state index contributed by atoms with van der Waals surface area (Å²) in [6.07, 6.45) is 1.35. The maximum Gasteiger partial charge on any atom is 0.329 e. The van der Waals surface area contributed by atoms with Gasteiger partial charge in [0.25, 0.3) is 5.91 Å². The minimum absolute atomic E-state index is 0.0666. The van der Waals surface area contributed by atoms with E-state index < -0.39 is 36.0 Å². The monoisotopic (exact) mass is 442 g/mol. The first kappa shape index (κ1) is 21.4. The van der Waals surface area contributed by atoms with E-state index in [2.05, 4.69) is 10.6 Å². The van der Waals surface area contributed by atoms with Crippen molar-refractivity contribution in [3.63, 3.8) is 0 Å². The van der Waals surface area contributed by atoms with Gasteiger partial charge in [-0.3, -0.25) is 9.59 Å². The Kier molecular flexibility index (Phi) is 6.13. The van der Waals surface area contributed by atoms with Crippen molar-refractivity contribution in [1.29, 1.82) is 0 Å². The standard InChI is InChI=1S/C22H20F2N4O4/c23-15-2-4-16(5-3-15)25-20(29)13-28-21(30)18(26-22(28)31)12-14-1-6-19(17(24)11-14)27-7-9-32-10-8-27/h1-6,11-12H,7-10,13H2,(H,25,29)(H,26,31)/b18-12-. The number of halogens is 2. The van der Waals surface area contributed by atoms with Gasteiger partial charge in [0.2, 0.25) is 5.91 Å². The molecule has 2 aliphatic rings. The number of benzene rings is 2. The number of amides is 4. The van der Waals surface area contributed by atoms with Crippen LogP contribution < -0.4 is 15.5 Å². The molecule has 166 valence electrons. The van der Waals surface area contributed by atoms with Gasteiger partial charge in [0.1, 0.15) is 23.9 Å². The largest absolute Gasteiger partial charge is 0.378 e. The number of anilines is 2. The normalized spacial score (nSPS) is 17.6. The van der Waals surface area contributed by atoms with E-state index in [-0.39, 0.29) is 5.70 Å². The Bertz CT molecular complexity index is 1080. The van der Waals surface area contributed by atoms with Crippen LogP contribution in [0.25, 0.3) is 6.08 Å². The van der Waals surface area contributed by atoms with Crippen molar-refractivity contribution in [3.8, 4) is 0 Å². The van der Waals surface area contributed by atoms with Gasteiger partial charge >= 0.3 is 6.03 Å². The Balaban J connectivity index is 1.43. The lowest BCUT2D eigenvalue weighted by atomic mass is 10.1. The number of rotatable bonds is 5. The molecule has 2 heterocycles. The van der Waals surface area contributed by atoms with Gasteiger partial charge in [0.15, 0.2) is 0 Å². The molecule has 2 N–H and O–H groups in total. The molecule has 10 heteroatoms. The van der Waals surface area contributed by atoms with Gasteiger partial charge in [-0.25, -0.2) is 18.5 Å². The number of hydrogen-bond acceptors (Lipinski definition) is 5. The summed E-state index contributed by atoms with van der Waals surface area (Å²) in [6.45, 7) is 1.69. The lowest BCUT2D eigenvalue weighted by molar-refractivity contribution is -0.127. The van der Waals surface area contributed by atoms with Crippen molar-refractivity contribution in [3.05, 3.63) is 65.4 Å². The maximum absolute atomic E-state index is 14.6. The Morgan fingerprint density at radius 3 is 2.50 bits per heavy atom. The van der Waals surface area contributed by atoms with Crippen LogP contribution in [0.5, 0.6) is 0 Å². The number of urea groups is 1. The minimum atomic E-state index is -0.763. The molecule has 2 fully saturated rings. The Morgan fingerprint density at radius 2 is 1.81 bits per heavy atom. The van der Waals surface area contributed by atoms with E-state index in [1.54, 1.807) is 12.1 Å². The highest BCUT2D eigenvalue weighted by Crippen LogP contribution is 2.23. The molecule has 0 spiro atoms. The van der Waals surface area contributed by atoms with E-state index in [0.29, 0.717) is 43.2 Å². The lowest BCUT2D eigenvalue weighted by Crippen LogP contribution is -2.38. The van der Waals surface area contributed by atoms with Gasteiger partial charge in [-0.15, -0.1) is 0 Å². The molecule has 4 rings (SSSR count). The third kappa shape index (κ3) is 4.75. The molecule has 0 saturated carbocycles. The van der Waals surface area contributed by atoms with Gasteiger partial charge in [0, 0.05) is 18.8 Å². The Hall–Kier alpha value is -3.79. The molecule has 8 nitrogen and oxygen atoms in total. The van der Waals surface area contributed by atoms with Gasteiger partial charge < -0.3 is 20.3 Å². The van der Waals surface area contributed by atoms with Crippen LogP contribution in [0.3, 0.4) is 0 Å². The summed E-state index contributed by atoms with van der Waals surface area (Å²) in [4.78, 5) is 39.6. The second kappa shape index (κ2) is 9.15. The average Bonchev–Trinajstić information content (AvgIpc) is 3.03. The number of imide groups is 1. The van der Waals surface area contributed by atoms with E-state index in [0.717, 1.165) is 4.90 Å². The third-order valence-corrected chi connectivity index (χ3v) is 5.03. The molecule has 0 aromatic heterocycles. The molecule has 32 heavy (non-hydrogen) atoms. The predicted octanol–water partition coefficient (Wildman–Crippen LogP) is 2.33. The first-order valence-corrected chi connectivity index (χ1v) is 9.93. The van der Waals surface area contributed by atoms with Gasteiger partial charge in [0.05, 0.1) is 18.9 Å². The molecule has 2 saturated heterocycles. The Labute approximate surface area is 182 Å². The number of ether oxygens (including phenoxy) is 1. The van der Waals surface area contributed by atoms with Crippen LogP contribution in [0.1, 0.15) is 5.56 Å². The van der Waals surface area contributed by atoms with Crippen molar-refractivity contribution in [1.82, 2.24) is 10.2 Å². The van der Waals surface area contributed by atoms with Crippen molar-refractivity contribution >= 4 is 35.3 Å². The highest BCUT2D eigenvalue weighted by Gasteiger charge is 2.35. The van der Waals surface area contributed by atoms with Crippen LogP contribution in [-0.4, -0.2) is 55.6 Å². The summed E-state index contributed by atoms with van der Waals surface area (Å²) in [5.41, 5.74) is 1.09. The highest BCUT2D eigenvalue weighted by atomic mass is 19.1. The zero-order valence-electron chi connectivity index (χ0n) is 16.9. The summed E-state index contributed by atoms with van der Waals surface area (Å²) in [7, 11) is 0. The van der Waals surface area contributed by atoms with Crippen LogP contribution in [0.4, 0.5) is 25.0 Å². The number of morpholine rings is 1. The van der Waals surface area contributed by atoms with E-state index >= 15 is 0 Å². The second-order valence-corrected chi connectivity index (χ2v) is 7.24. The molecular formula is C22H20F2N4O4. The molecule has 2 aromatic rings. The second-order valence-electron chi connectivity index (χ2n) is 7.24. The average molecular weight is 442 g/mol. The van der Waals surface area contributed by atoms with Crippen molar-refractivity contribution in [2.24, 2.45) is 0 Å². The number of nitrogens with zero attached hydrogens (tertiary/aromatic N) is 2. The number of carbonyl (C=O) groups is 3. The van der Waals surface area contributed by atoms with Gasteiger partial charge in [-0.2, -0.15) is 0 Å². The van der Waals surface area contributed by atoms with Gasteiger partial charge in [-0.05, 0) is 48.0 Å². The molecule has 0 radical (unpaired) electrons. The van der Waals surface area contributed by atoms with E-state index in [4.69, 9.17) is 4.74 Å². The Morgan fingerprint density at radius 1 is 1.09 bits per heavy atom. The minimum Gasteiger partial charge on any atom is -0.378 e. The molecule has 0 bridgehead atoms. The molecule has 4 amide bonds. The van der Waals surface area contributed by atoms with Crippen LogP contribution in [0, 0.1) is 11.6 Å². The predicted molar refractivity (Wildman–Crippen MR) is 113 cm³/mol. The summed E-state index contributed by atoms with van der Waals surface area (Å²) in [5.74, 6) is -2.24. The van der Waals surface area contributed by atoms with Crippen molar-refractivity contribution in [2.45, 2.75) is 0 Å². The topological polar surface area (TPSA) is 91.0 Å². The lowest BCUT2D eigenvalue weighted by Gasteiger charge is -2.29. The van der Waals surface area contributed by atoms with Crippen molar-refractivity contribution < 1.29 is 27.9 Å².